The number of rotatable bonds is 6. The lowest BCUT2D eigenvalue weighted by atomic mass is 10.2. The fraction of sp³-hybridized carbons (Fsp3) is 0.200. The Morgan fingerprint density at radius 3 is 2.45 bits per heavy atom. The quantitative estimate of drug-likeness (QED) is 0.247. The minimum atomic E-state index is -0.882. The molecule has 0 fully saturated rings. The van der Waals surface area contributed by atoms with Crippen LogP contribution in [0.4, 0.5) is 0 Å². The van der Waals surface area contributed by atoms with Gasteiger partial charge < -0.3 is 14.8 Å². The van der Waals surface area contributed by atoms with E-state index in [2.05, 4.69) is 15.8 Å². The molecule has 29 heavy (non-hydrogen) atoms. The molecule has 0 atom stereocenters. The summed E-state index contributed by atoms with van der Waals surface area (Å²) in [5.41, 5.74) is 2.90. The predicted octanol–water partition coefficient (Wildman–Crippen LogP) is 2.54. The first kappa shape index (κ1) is 21.9. The lowest BCUT2D eigenvalue weighted by molar-refractivity contribution is -0.139. The van der Waals surface area contributed by atoms with Crippen molar-refractivity contribution in [3.05, 3.63) is 58.6 Å². The zero-order valence-corrected chi connectivity index (χ0v) is 16.8. The third-order valence-corrected chi connectivity index (χ3v) is 3.82. The maximum Gasteiger partial charge on any atom is 0.345 e. The Kier molecular flexibility index (Phi) is 7.73. The number of methoxy groups -OCH3 is 1. The molecule has 0 saturated heterocycles. The first-order chi connectivity index (χ1) is 13.8. The molecule has 152 valence electrons. The van der Waals surface area contributed by atoms with Crippen LogP contribution in [0, 0.1) is 0 Å². The van der Waals surface area contributed by atoms with E-state index < -0.39 is 17.8 Å². The molecule has 2 N–H and O–H groups in total. The fourth-order valence-electron chi connectivity index (χ4n) is 2.17. The van der Waals surface area contributed by atoms with Crippen LogP contribution >= 0.6 is 11.6 Å². The molecule has 0 aliphatic rings. The molecule has 9 heteroatoms. The maximum absolute atomic E-state index is 12.3. The second-order valence-corrected chi connectivity index (χ2v) is 6.51. The topological polar surface area (TPSA) is 106 Å². The molecular formula is C20H20ClN3O5. The summed E-state index contributed by atoms with van der Waals surface area (Å²) in [7, 11) is 1.42. The summed E-state index contributed by atoms with van der Waals surface area (Å²) in [6, 6.07) is 11.0. The van der Waals surface area contributed by atoms with E-state index in [-0.39, 0.29) is 28.1 Å². The Balaban J connectivity index is 2.06. The van der Waals surface area contributed by atoms with Gasteiger partial charge >= 0.3 is 17.8 Å². The third kappa shape index (κ3) is 6.32. The predicted molar refractivity (Wildman–Crippen MR) is 108 cm³/mol. The molecule has 2 rings (SSSR count). The summed E-state index contributed by atoms with van der Waals surface area (Å²) in [5.74, 6) is -1.82. The average molecular weight is 418 g/mol. The highest BCUT2D eigenvalue weighted by Crippen LogP contribution is 2.29. The van der Waals surface area contributed by atoms with Gasteiger partial charge in [0.1, 0.15) is 0 Å². The monoisotopic (exact) mass is 417 g/mol. The van der Waals surface area contributed by atoms with E-state index in [0.29, 0.717) is 5.56 Å². The highest BCUT2D eigenvalue weighted by Gasteiger charge is 2.16. The van der Waals surface area contributed by atoms with E-state index in [1.54, 1.807) is 50.2 Å². The number of esters is 1. The number of carbonyl (C=O) groups is 3. The molecule has 8 nitrogen and oxygen atoms in total. The molecule has 0 unspecified atom stereocenters. The van der Waals surface area contributed by atoms with Gasteiger partial charge in [-0.2, -0.15) is 5.10 Å². The van der Waals surface area contributed by atoms with Gasteiger partial charge in [0.05, 0.1) is 23.9 Å². The number of nitrogens with one attached hydrogen (secondary N) is 2. The zero-order valence-electron chi connectivity index (χ0n) is 16.1. The van der Waals surface area contributed by atoms with Crippen molar-refractivity contribution in [2.45, 2.75) is 19.9 Å². The summed E-state index contributed by atoms with van der Waals surface area (Å²) in [4.78, 5) is 35.4. The largest absolute Gasteiger partial charge is 0.493 e. The smallest absolute Gasteiger partial charge is 0.345 e. The number of nitrogens with zero attached hydrogens (tertiary/aromatic N) is 1. The standard InChI is InChI=1S/C20H20ClN3O5/c1-12(2)23-18(25)19(26)24-22-11-13-8-9-16(17(10-13)28-3)29-20(27)14-6-4-5-7-15(14)21/h4-12H,1-3H3,(H,23,25)(H,24,26)/b22-11-. The van der Waals surface area contributed by atoms with Gasteiger partial charge in [-0.1, -0.05) is 23.7 Å². The summed E-state index contributed by atoms with van der Waals surface area (Å²) in [5, 5.41) is 6.45. The molecule has 0 aliphatic carbocycles. The Hall–Kier alpha value is -3.39. The molecule has 0 radical (unpaired) electrons. The molecule has 2 aromatic rings. The van der Waals surface area contributed by atoms with Crippen molar-refractivity contribution in [1.29, 1.82) is 0 Å². The molecule has 0 aromatic heterocycles. The van der Waals surface area contributed by atoms with Crippen LogP contribution in [0.2, 0.25) is 5.02 Å². The minimum Gasteiger partial charge on any atom is -0.493 e. The van der Waals surface area contributed by atoms with Crippen LogP contribution in [0.3, 0.4) is 0 Å². The SMILES string of the molecule is COc1cc(/C=N\NC(=O)C(=O)NC(C)C)ccc1OC(=O)c1ccccc1Cl. The van der Waals surface area contributed by atoms with Gasteiger partial charge in [-0.15, -0.1) is 0 Å². The van der Waals surface area contributed by atoms with Crippen LogP contribution in [0.1, 0.15) is 29.8 Å². The first-order valence-corrected chi connectivity index (χ1v) is 8.98. The van der Waals surface area contributed by atoms with Crippen LogP contribution in [0.25, 0.3) is 0 Å². The van der Waals surface area contributed by atoms with Crippen molar-refractivity contribution in [3.63, 3.8) is 0 Å². The fourth-order valence-corrected chi connectivity index (χ4v) is 2.39. The van der Waals surface area contributed by atoms with Gasteiger partial charge in [-0.3, -0.25) is 9.59 Å². The summed E-state index contributed by atoms with van der Waals surface area (Å²) >= 11 is 6.00. The summed E-state index contributed by atoms with van der Waals surface area (Å²) in [6.07, 6.45) is 1.32. The molecule has 0 bridgehead atoms. The van der Waals surface area contributed by atoms with Crippen molar-refractivity contribution in [2.24, 2.45) is 5.10 Å². The number of carbonyl (C=O) groups excluding carboxylic acids is 3. The van der Waals surface area contributed by atoms with Gasteiger partial charge in [-0.05, 0) is 49.7 Å². The zero-order chi connectivity index (χ0) is 21.4. The highest BCUT2D eigenvalue weighted by molar-refractivity contribution is 6.35. The highest BCUT2D eigenvalue weighted by atomic mass is 35.5. The van der Waals surface area contributed by atoms with Gasteiger partial charge in [0.15, 0.2) is 11.5 Å². The number of hydrogen-bond acceptors (Lipinski definition) is 6. The van der Waals surface area contributed by atoms with Gasteiger partial charge in [0.25, 0.3) is 0 Å². The lowest BCUT2D eigenvalue weighted by Gasteiger charge is -2.10. The van der Waals surface area contributed by atoms with E-state index in [9.17, 15) is 14.4 Å². The van der Waals surface area contributed by atoms with Gasteiger partial charge in [0.2, 0.25) is 0 Å². The van der Waals surface area contributed by atoms with Gasteiger partial charge in [-0.25, -0.2) is 10.2 Å². The van der Waals surface area contributed by atoms with Crippen molar-refractivity contribution in [3.8, 4) is 11.5 Å². The van der Waals surface area contributed by atoms with Crippen LogP contribution < -0.4 is 20.2 Å². The average Bonchev–Trinajstić information content (AvgIpc) is 2.68. The van der Waals surface area contributed by atoms with Crippen molar-refractivity contribution >= 4 is 35.6 Å². The van der Waals surface area contributed by atoms with Crippen molar-refractivity contribution in [1.82, 2.24) is 10.7 Å². The van der Waals surface area contributed by atoms with Crippen molar-refractivity contribution < 1.29 is 23.9 Å². The molecule has 0 heterocycles. The number of amides is 2. The summed E-state index contributed by atoms with van der Waals surface area (Å²) in [6.45, 7) is 3.47. The molecule has 0 aliphatic heterocycles. The van der Waals surface area contributed by atoms with E-state index in [4.69, 9.17) is 21.1 Å². The molecule has 0 saturated carbocycles. The molecule has 0 spiro atoms. The van der Waals surface area contributed by atoms with E-state index in [1.165, 1.54) is 19.4 Å². The first-order valence-electron chi connectivity index (χ1n) is 8.60. The van der Waals surface area contributed by atoms with E-state index >= 15 is 0 Å². The number of hydrazone groups is 1. The molecule has 2 amide bonds. The number of ether oxygens (including phenoxy) is 2. The minimum absolute atomic E-state index is 0.164. The number of halogens is 1. The third-order valence-electron chi connectivity index (χ3n) is 3.49. The molecule has 2 aromatic carbocycles. The summed E-state index contributed by atoms with van der Waals surface area (Å²) < 4.78 is 10.6. The Morgan fingerprint density at radius 2 is 1.79 bits per heavy atom. The van der Waals surface area contributed by atoms with Crippen molar-refractivity contribution in [2.75, 3.05) is 7.11 Å². The van der Waals surface area contributed by atoms with Crippen LogP contribution in [-0.4, -0.2) is 37.1 Å². The molecular weight excluding hydrogens is 398 g/mol. The van der Waals surface area contributed by atoms with Crippen LogP contribution in [0.15, 0.2) is 47.6 Å². The second kappa shape index (κ2) is 10.2. The van der Waals surface area contributed by atoms with Gasteiger partial charge in [0, 0.05) is 6.04 Å². The maximum atomic E-state index is 12.3. The van der Waals surface area contributed by atoms with Crippen LogP contribution in [0.5, 0.6) is 11.5 Å². The normalized spacial score (nSPS) is 10.7. The second-order valence-electron chi connectivity index (χ2n) is 6.11. The Labute approximate surface area is 172 Å². The number of benzene rings is 2. The lowest BCUT2D eigenvalue weighted by Crippen LogP contribution is -2.41. The van der Waals surface area contributed by atoms with E-state index in [1.807, 2.05) is 0 Å². The number of hydrogen-bond donors (Lipinski definition) is 2. The Bertz CT molecular complexity index is 943. The Morgan fingerprint density at radius 1 is 1.07 bits per heavy atom. The van der Waals surface area contributed by atoms with Crippen LogP contribution in [-0.2, 0) is 9.59 Å². The van der Waals surface area contributed by atoms with E-state index in [0.717, 1.165) is 0 Å².